The monoisotopic (exact) mass is 222 g/mol. The Morgan fingerprint density at radius 1 is 1.33 bits per heavy atom. The Bertz CT molecular complexity index is 424. The fourth-order valence-electron chi connectivity index (χ4n) is 1.08. The summed E-state index contributed by atoms with van der Waals surface area (Å²) in [5, 5.41) is 0.696. The van der Waals surface area contributed by atoms with Crippen LogP contribution in [0.5, 0.6) is 0 Å². The van der Waals surface area contributed by atoms with Gasteiger partial charge in [-0.2, -0.15) is 0 Å². The molecule has 0 N–H and O–H groups in total. The Hall–Kier alpha value is -1.07. The second-order valence-corrected chi connectivity index (χ2v) is 5.72. The lowest BCUT2D eigenvalue weighted by atomic mass is 10.4. The predicted octanol–water partition coefficient (Wildman–Crippen LogP) is 3.32. The first kappa shape index (κ1) is 12.0. The molecule has 2 nitrogen and oxygen atoms in total. The molecule has 1 atom stereocenters. The van der Waals surface area contributed by atoms with Crippen molar-refractivity contribution in [1.82, 2.24) is 0 Å². The van der Waals surface area contributed by atoms with Crippen LogP contribution in [-0.4, -0.2) is 7.11 Å². The van der Waals surface area contributed by atoms with Crippen molar-refractivity contribution in [1.29, 1.82) is 0 Å². The number of allylic oxidation sites excluding steroid dienone is 1. The first-order valence-corrected chi connectivity index (χ1v) is 6.40. The zero-order valence-corrected chi connectivity index (χ0v) is 10.1. The molecule has 0 saturated carbocycles. The van der Waals surface area contributed by atoms with Crippen molar-refractivity contribution in [2.75, 3.05) is 7.11 Å². The van der Waals surface area contributed by atoms with Crippen LogP contribution in [-0.2, 0) is 9.09 Å². The summed E-state index contributed by atoms with van der Waals surface area (Å²) in [6.07, 6.45) is 0. The smallest absolute Gasteiger partial charge is 0.261 e. The Labute approximate surface area is 90.7 Å². The fourth-order valence-corrected chi connectivity index (χ4v) is 2.56. The van der Waals surface area contributed by atoms with Gasteiger partial charge in [-0.25, -0.2) is 0 Å². The van der Waals surface area contributed by atoms with Crippen molar-refractivity contribution in [3.8, 4) is 0 Å². The third-order valence-electron chi connectivity index (χ3n) is 1.91. The summed E-state index contributed by atoms with van der Waals surface area (Å²) in [5.41, 5.74) is 3.91. The molecule has 0 bridgehead atoms. The minimum atomic E-state index is -2.86. The SMILES string of the molecule is COP(=O)(C=C=C(C)C)c1ccccc1. The molecule has 0 spiro atoms. The van der Waals surface area contributed by atoms with Gasteiger partial charge in [-0.15, -0.1) is 5.73 Å². The van der Waals surface area contributed by atoms with Crippen LogP contribution >= 0.6 is 7.37 Å². The molecule has 0 radical (unpaired) electrons. The van der Waals surface area contributed by atoms with Crippen LogP contribution < -0.4 is 5.30 Å². The molecule has 1 aromatic rings. The van der Waals surface area contributed by atoms with Crippen LogP contribution in [0.25, 0.3) is 0 Å². The van der Waals surface area contributed by atoms with E-state index >= 15 is 0 Å². The van der Waals surface area contributed by atoms with E-state index in [9.17, 15) is 4.57 Å². The summed E-state index contributed by atoms with van der Waals surface area (Å²) in [7, 11) is -1.41. The highest BCUT2D eigenvalue weighted by atomic mass is 31.2. The zero-order chi connectivity index (χ0) is 11.3. The summed E-state index contributed by atoms with van der Waals surface area (Å²) in [6.45, 7) is 3.81. The molecule has 0 aliphatic carbocycles. The molecule has 0 aliphatic rings. The Kier molecular flexibility index (Phi) is 4.11. The first-order valence-electron chi connectivity index (χ1n) is 4.70. The Balaban J connectivity index is 3.19. The summed E-state index contributed by atoms with van der Waals surface area (Å²) in [5.74, 6) is 1.53. The van der Waals surface area contributed by atoms with E-state index in [0.29, 0.717) is 5.30 Å². The normalized spacial score (nSPS) is 13.8. The van der Waals surface area contributed by atoms with E-state index in [4.69, 9.17) is 4.52 Å². The lowest BCUT2D eigenvalue weighted by molar-refractivity contribution is 0.411. The highest BCUT2D eigenvalue weighted by Crippen LogP contribution is 2.45. The van der Waals surface area contributed by atoms with Gasteiger partial charge < -0.3 is 4.52 Å². The topological polar surface area (TPSA) is 26.3 Å². The van der Waals surface area contributed by atoms with Gasteiger partial charge in [-0.3, -0.25) is 4.57 Å². The number of benzene rings is 1. The minimum Gasteiger partial charge on any atom is -0.325 e. The maximum absolute atomic E-state index is 12.3. The number of hydrogen-bond donors (Lipinski definition) is 0. The zero-order valence-electron chi connectivity index (χ0n) is 9.23. The maximum Gasteiger partial charge on any atom is 0.261 e. The van der Waals surface area contributed by atoms with Crippen molar-refractivity contribution in [3.63, 3.8) is 0 Å². The van der Waals surface area contributed by atoms with Crippen LogP contribution in [0.1, 0.15) is 13.8 Å². The van der Waals surface area contributed by atoms with Gasteiger partial charge >= 0.3 is 0 Å². The van der Waals surface area contributed by atoms with Gasteiger partial charge in [-0.1, -0.05) is 18.2 Å². The third-order valence-corrected chi connectivity index (χ3v) is 3.94. The largest absolute Gasteiger partial charge is 0.325 e. The molecular weight excluding hydrogens is 207 g/mol. The van der Waals surface area contributed by atoms with E-state index in [1.54, 1.807) is 12.1 Å². The molecule has 0 aromatic heterocycles. The van der Waals surface area contributed by atoms with E-state index in [0.717, 1.165) is 5.57 Å². The Morgan fingerprint density at radius 3 is 2.40 bits per heavy atom. The van der Waals surface area contributed by atoms with Crippen LogP contribution in [0.15, 0.2) is 47.5 Å². The van der Waals surface area contributed by atoms with Gasteiger partial charge in [0, 0.05) is 18.2 Å². The van der Waals surface area contributed by atoms with Crippen molar-refractivity contribution < 1.29 is 9.09 Å². The highest BCUT2D eigenvalue weighted by Gasteiger charge is 2.19. The van der Waals surface area contributed by atoms with Gasteiger partial charge in [0.1, 0.15) is 0 Å². The van der Waals surface area contributed by atoms with Gasteiger partial charge in [0.05, 0.1) is 0 Å². The average Bonchev–Trinajstić information content (AvgIpc) is 2.27. The summed E-state index contributed by atoms with van der Waals surface area (Å²) in [4.78, 5) is 0. The molecule has 15 heavy (non-hydrogen) atoms. The van der Waals surface area contributed by atoms with Gasteiger partial charge in [-0.05, 0) is 31.6 Å². The highest BCUT2D eigenvalue weighted by molar-refractivity contribution is 7.69. The van der Waals surface area contributed by atoms with E-state index in [2.05, 4.69) is 5.73 Å². The average molecular weight is 222 g/mol. The van der Waals surface area contributed by atoms with Crippen LogP contribution in [0.4, 0.5) is 0 Å². The van der Waals surface area contributed by atoms with Gasteiger partial charge in [0.15, 0.2) is 0 Å². The molecule has 0 fully saturated rings. The van der Waals surface area contributed by atoms with Crippen molar-refractivity contribution in [2.24, 2.45) is 0 Å². The predicted molar refractivity (Wildman–Crippen MR) is 63.6 cm³/mol. The van der Waals surface area contributed by atoms with E-state index < -0.39 is 7.37 Å². The minimum absolute atomic E-state index is 0.696. The molecule has 1 rings (SSSR count). The number of rotatable bonds is 3. The molecule has 1 unspecified atom stereocenters. The van der Waals surface area contributed by atoms with E-state index in [1.807, 2.05) is 32.0 Å². The summed E-state index contributed by atoms with van der Waals surface area (Å²) >= 11 is 0. The van der Waals surface area contributed by atoms with Crippen LogP contribution in [0, 0.1) is 0 Å². The molecule has 0 amide bonds. The second-order valence-electron chi connectivity index (χ2n) is 3.39. The standard InChI is InChI=1S/C12H15O2P/c1-11(2)9-10-15(13,14-3)12-7-5-4-6-8-12/h4-8,10H,1-3H3. The third kappa shape index (κ3) is 3.21. The lowest BCUT2D eigenvalue weighted by Crippen LogP contribution is -2.02. The molecule has 0 saturated heterocycles. The fraction of sp³-hybridized carbons (Fsp3) is 0.250. The van der Waals surface area contributed by atoms with Crippen LogP contribution in [0.2, 0.25) is 0 Å². The van der Waals surface area contributed by atoms with Crippen molar-refractivity contribution >= 4 is 12.7 Å². The lowest BCUT2D eigenvalue weighted by Gasteiger charge is -2.10. The Morgan fingerprint density at radius 2 is 1.93 bits per heavy atom. The summed E-state index contributed by atoms with van der Waals surface area (Å²) < 4.78 is 17.4. The number of hydrogen-bond acceptors (Lipinski definition) is 2. The van der Waals surface area contributed by atoms with Gasteiger partial charge in [0.25, 0.3) is 7.37 Å². The first-order chi connectivity index (χ1) is 7.08. The van der Waals surface area contributed by atoms with Gasteiger partial charge in [0.2, 0.25) is 0 Å². The van der Waals surface area contributed by atoms with Crippen LogP contribution in [0.3, 0.4) is 0 Å². The second kappa shape index (κ2) is 5.14. The van der Waals surface area contributed by atoms with E-state index in [1.165, 1.54) is 12.9 Å². The van der Waals surface area contributed by atoms with Crippen molar-refractivity contribution in [3.05, 3.63) is 47.5 Å². The molecule has 1 aromatic carbocycles. The molecular formula is C12H15O2P. The van der Waals surface area contributed by atoms with E-state index in [-0.39, 0.29) is 0 Å². The van der Waals surface area contributed by atoms with Crippen molar-refractivity contribution in [2.45, 2.75) is 13.8 Å². The molecule has 0 aliphatic heterocycles. The maximum atomic E-state index is 12.3. The summed E-state index contributed by atoms with van der Waals surface area (Å²) in [6, 6.07) is 9.17. The molecule has 0 heterocycles. The quantitative estimate of drug-likeness (QED) is 0.579. The molecule has 80 valence electrons. The molecule has 3 heteroatoms.